The summed E-state index contributed by atoms with van der Waals surface area (Å²) in [5.41, 5.74) is 1.24. The summed E-state index contributed by atoms with van der Waals surface area (Å²) in [4.78, 5) is 14.0. The molecule has 1 aliphatic rings. The van der Waals surface area contributed by atoms with Crippen LogP contribution in [0.2, 0.25) is 0 Å². The second-order valence-corrected chi connectivity index (χ2v) is 7.80. The largest absolute Gasteiger partial charge is 0.383 e. The van der Waals surface area contributed by atoms with E-state index in [1.165, 1.54) is 0 Å². The minimum atomic E-state index is -3.00. The molecule has 0 saturated carbocycles. The van der Waals surface area contributed by atoms with Gasteiger partial charge in [0, 0.05) is 25.6 Å². The molecule has 23 heavy (non-hydrogen) atoms. The molecule has 1 atom stereocenters. The van der Waals surface area contributed by atoms with Crippen LogP contribution in [0.3, 0.4) is 0 Å². The number of hydrogen-bond donors (Lipinski definition) is 1. The molecule has 1 fully saturated rings. The average molecular weight is 335 g/mol. The number of amides is 1. The Bertz CT molecular complexity index is 710. The number of hydrogen-bond acceptors (Lipinski definition) is 5. The molecule has 124 valence electrons. The first-order chi connectivity index (χ1) is 11.0. The van der Waals surface area contributed by atoms with Crippen molar-refractivity contribution in [2.45, 2.75) is 25.8 Å². The van der Waals surface area contributed by atoms with Crippen LogP contribution < -0.4 is 5.32 Å². The number of carbonyl (C=O) groups excluding carboxylic acids is 1. The predicted molar refractivity (Wildman–Crippen MR) is 88.7 cm³/mol. The molecule has 1 aromatic rings. The number of anilines is 1. The first kappa shape index (κ1) is 17.3. The second kappa shape index (κ2) is 7.47. The number of benzene rings is 1. The Morgan fingerprint density at radius 2 is 2.17 bits per heavy atom. The van der Waals surface area contributed by atoms with Crippen molar-refractivity contribution in [1.29, 1.82) is 5.26 Å². The van der Waals surface area contributed by atoms with Crippen molar-refractivity contribution < 1.29 is 13.2 Å². The maximum atomic E-state index is 12.3. The number of nitrogens with one attached hydrogen (secondary N) is 1. The monoisotopic (exact) mass is 335 g/mol. The Kier molecular flexibility index (Phi) is 5.61. The molecule has 6 nitrogen and oxygen atoms in total. The third-order valence-corrected chi connectivity index (χ3v) is 5.76. The van der Waals surface area contributed by atoms with E-state index in [0.29, 0.717) is 30.8 Å². The van der Waals surface area contributed by atoms with Crippen LogP contribution in [-0.2, 0) is 14.6 Å². The second-order valence-electron chi connectivity index (χ2n) is 5.57. The summed E-state index contributed by atoms with van der Waals surface area (Å²) in [5, 5.41) is 12.1. The van der Waals surface area contributed by atoms with Gasteiger partial charge in [0.25, 0.3) is 0 Å². The SMILES string of the molecule is CCN(C(=O)CCNc1ccccc1C#N)C1CCS(=O)(=O)C1. The van der Waals surface area contributed by atoms with E-state index in [1.807, 2.05) is 13.0 Å². The fourth-order valence-corrected chi connectivity index (χ4v) is 4.57. The van der Waals surface area contributed by atoms with Crippen molar-refractivity contribution in [3.63, 3.8) is 0 Å². The zero-order valence-corrected chi connectivity index (χ0v) is 14.0. The zero-order chi connectivity index (χ0) is 16.9. The first-order valence-electron chi connectivity index (χ1n) is 7.69. The summed E-state index contributed by atoms with van der Waals surface area (Å²) in [5.74, 6) is 0.170. The fraction of sp³-hybridized carbons (Fsp3) is 0.500. The normalized spacial score (nSPS) is 19.0. The van der Waals surface area contributed by atoms with Crippen molar-refractivity contribution in [3.05, 3.63) is 29.8 Å². The number of nitrogens with zero attached hydrogens (tertiary/aromatic N) is 2. The predicted octanol–water partition coefficient (Wildman–Crippen LogP) is 1.40. The van der Waals surface area contributed by atoms with Gasteiger partial charge in [0.1, 0.15) is 6.07 Å². The van der Waals surface area contributed by atoms with Gasteiger partial charge in [0.15, 0.2) is 9.84 Å². The van der Waals surface area contributed by atoms with E-state index in [9.17, 15) is 13.2 Å². The molecule has 1 amide bonds. The Balaban J connectivity index is 1.90. The van der Waals surface area contributed by atoms with E-state index in [2.05, 4.69) is 11.4 Å². The van der Waals surface area contributed by atoms with Crippen molar-refractivity contribution in [1.82, 2.24) is 4.90 Å². The van der Waals surface area contributed by atoms with Gasteiger partial charge in [0.2, 0.25) is 5.91 Å². The van der Waals surface area contributed by atoms with Gasteiger partial charge in [0.05, 0.1) is 22.8 Å². The van der Waals surface area contributed by atoms with Crippen LogP contribution in [-0.4, -0.2) is 49.9 Å². The molecule has 7 heteroatoms. The van der Waals surface area contributed by atoms with Gasteiger partial charge in [-0.05, 0) is 25.5 Å². The Morgan fingerprint density at radius 3 is 2.78 bits per heavy atom. The van der Waals surface area contributed by atoms with Gasteiger partial charge < -0.3 is 10.2 Å². The number of sulfone groups is 1. The van der Waals surface area contributed by atoms with Crippen molar-refractivity contribution >= 4 is 21.4 Å². The molecular formula is C16H21N3O3S. The number of rotatable bonds is 6. The zero-order valence-electron chi connectivity index (χ0n) is 13.2. The minimum Gasteiger partial charge on any atom is -0.383 e. The molecule has 1 N–H and O–H groups in total. The lowest BCUT2D eigenvalue weighted by molar-refractivity contribution is -0.132. The molecule has 1 aromatic carbocycles. The Morgan fingerprint density at radius 1 is 1.43 bits per heavy atom. The lowest BCUT2D eigenvalue weighted by atomic mass is 10.2. The smallest absolute Gasteiger partial charge is 0.224 e. The van der Waals surface area contributed by atoms with Crippen LogP contribution in [0.1, 0.15) is 25.3 Å². The quantitative estimate of drug-likeness (QED) is 0.848. The highest BCUT2D eigenvalue weighted by molar-refractivity contribution is 7.91. The average Bonchev–Trinajstić information content (AvgIpc) is 2.88. The van der Waals surface area contributed by atoms with Crippen LogP contribution in [0, 0.1) is 11.3 Å². The summed E-state index contributed by atoms with van der Waals surface area (Å²) in [6.07, 6.45) is 0.788. The third kappa shape index (κ3) is 4.45. The standard InChI is InChI=1S/C16H21N3O3S/c1-2-19(14-8-10-23(21,22)12-14)16(20)7-9-18-15-6-4-3-5-13(15)11-17/h3-6,14,18H,2,7-10,12H2,1H3. The van der Waals surface area contributed by atoms with Crippen LogP contribution in [0.25, 0.3) is 0 Å². The summed E-state index contributed by atoms with van der Waals surface area (Å²) >= 11 is 0. The highest BCUT2D eigenvalue weighted by Gasteiger charge is 2.33. The van der Waals surface area contributed by atoms with Gasteiger partial charge in [-0.1, -0.05) is 12.1 Å². The number of nitriles is 1. The van der Waals surface area contributed by atoms with E-state index < -0.39 is 9.84 Å². The molecule has 2 rings (SSSR count). The van der Waals surface area contributed by atoms with E-state index in [0.717, 1.165) is 0 Å². The Hall–Kier alpha value is -2.07. The van der Waals surface area contributed by atoms with Crippen molar-refractivity contribution in [2.75, 3.05) is 29.9 Å². The van der Waals surface area contributed by atoms with E-state index in [-0.39, 0.29) is 29.9 Å². The van der Waals surface area contributed by atoms with Crippen LogP contribution in [0.4, 0.5) is 5.69 Å². The van der Waals surface area contributed by atoms with Crippen molar-refractivity contribution in [2.24, 2.45) is 0 Å². The molecule has 0 spiro atoms. The first-order valence-corrected chi connectivity index (χ1v) is 9.52. The molecule has 1 unspecified atom stereocenters. The maximum absolute atomic E-state index is 12.3. The topological polar surface area (TPSA) is 90.3 Å². The summed E-state index contributed by atoms with van der Waals surface area (Å²) in [7, 11) is -3.00. The van der Waals surface area contributed by atoms with Crippen LogP contribution in [0.15, 0.2) is 24.3 Å². The van der Waals surface area contributed by atoms with Gasteiger partial charge in [-0.15, -0.1) is 0 Å². The van der Waals surface area contributed by atoms with Crippen molar-refractivity contribution in [3.8, 4) is 6.07 Å². The van der Waals surface area contributed by atoms with Crippen LogP contribution in [0.5, 0.6) is 0 Å². The minimum absolute atomic E-state index is 0.0588. The highest BCUT2D eigenvalue weighted by Crippen LogP contribution is 2.19. The van der Waals surface area contributed by atoms with Gasteiger partial charge >= 0.3 is 0 Å². The highest BCUT2D eigenvalue weighted by atomic mass is 32.2. The van der Waals surface area contributed by atoms with E-state index in [1.54, 1.807) is 23.1 Å². The third-order valence-electron chi connectivity index (χ3n) is 4.01. The molecule has 0 radical (unpaired) electrons. The number of para-hydroxylation sites is 1. The van der Waals surface area contributed by atoms with E-state index in [4.69, 9.17) is 5.26 Å². The molecule has 0 aromatic heterocycles. The van der Waals surface area contributed by atoms with Gasteiger partial charge in [-0.2, -0.15) is 5.26 Å². The van der Waals surface area contributed by atoms with E-state index >= 15 is 0 Å². The molecular weight excluding hydrogens is 314 g/mol. The molecule has 1 saturated heterocycles. The summed E-state index contributed by atoms with van der Waals surface area (Å²) in [6, 6.07) is 9.01. The van der Waals surface area contributed by atoms with Gasteiger partial charge in [-0.3, -0.25) is 4.79 Å². The lowest BCUT2D eigenvalue weighted by Gasteiger charge is -2.27. The molecule has 0 bridgehead atoms. The molecule has 1 aliphatic heterocycles. The van der Waals surface area contributed by atoms with Crippen LogP contribution >= 0.6 is 0 Å². The molecule has 1 heterocycles. The summed E-state index contributed by atoms with van der Waals surface area (Å²) in [6.45, 7) is 2.78. The van der Waals surface area contributed by atoms with Gasteiger partial charge in [-0.25, -0.2) is 8.42 Å². The maximum Gasteiger partial charge on any atom is 0.224 e. The summed E-state index contributed by atoms with van der Waals surface area (Å²) < 4.78 is 23.1. The molecule has 0 aliphatic carbocycles. The fourth-order valence-electron chi connectivity index (χ4n) is 2.84. The number of carbonyl (C=O) groups is 1. The Labute approximate surface area is 137 Å². The lowest BCUT2D eigenvalue weighted by Crippen LogP contribution is -2.41.